The summed E-state index contributed by atoms with van der Waals surface area (Å²) in [4.78, 5) is 28.6. The average molecular weight is 371 g/mol. The van der Waals surface area contributed by atoms with Crippen LogP contribution in [-0.2, 0) is 9.53 Å². The number of aromatic nitrogens is 1. The standard InChI is InChI=1S/C20H25N3O4/c1-26-20(25)19-23-15-11-13(7-8-16(15)27-19)22-18(24)17-14(9-10-21-17)12-5-3-2-4-6-12/h7-8,11-12,14,17,21H,2-6,9-10H2,1H3,(H,22,24)/t14-,17+/m0/s1. The quantitative estimate of drug-likeness (QED) is 0.802. The van der Waals surface area contributed by atoms with Gasteiger partial charge in [0.1, 0.15) is 5.52 Å². The van der Waals surface area contributed by atoms with Gasteiger partial charge in [0.25, 0.3) is 0 Å². The van der Waals surface area contributed by atoms with E-state index in [-0.39, 0.29) is 17.8 Å². The average Bonchev–Trinajstić information content (AvgIpc) is 3.34. The predicted molar refractivity (Wildman–Crippen MR) is 100 cm³/mol. The normalized spacial score (nSPS) is 23.4. The summed E-state index contributed by atoms with van der Waals surface area (Å²) < 4.78 is 9.99. The second-order valence-corrected chi connectivity index (χ2v) is 7.46. The Bertz CT molecular complexity index is 841. The summed E-state index contributed by atoms with van der Waals surface area (Å²) in [6.07, 6.45) is 7.41. The van der Waals surface area contributed by atoms with E-state index in [9.17, 15) is 9.59 Å². The Morgan fingerprint density at radius 1 is 1.22 bits per heavy atom. The van der Waals surface area contributed by atoms with Crippen LogP contribution in [0.1, 0.15) is 49.2 Å². The Kier molecular flexibility index (Phi) is 5.11. The monoisotopic (exact) mass is 371 g/mol. The van der Waals surface area contributed by atoms with Crippen molar-refractivity contribution in [2.45, 2.75) is 44.6 Å². The SMILES string of the molecule is COC(=O)c1nc2cc(NC(=O)[C@@H]3NCC[C@H]3C3CCCCC3)ccc2o1. The van der Waals surface area contributed by atoms with E-state index in [0.717, 1.165) is 13.0 Å². The molecular weight excluding hydrogens is 346 g/mol. The number of carbonyl (C=O) groups is 2. The lowest BCUT2D eigenvalue weighted by Gasteiger charge is -2.30. The predicted octanol–water partition coefficient (Wildman–Crippen LogP) is 3.11. The van der Waals surface area contributed by atoms with Gasteiger partial charge in [-0.3, -0.25) is 4.79 Å². The van der Waals surface area contributed by atoms with Crippen LogP contribution in [0.2, 0.25) is 0 Å². The Hall–Kier alpha value is -2.41. The molecule has 2 atom stereocenters. The molecule has 0 unspecified atom stereocenters. The number of rotatable bonds is 4. The first kappa shape index (κ1) is 18.0. The van der Waals surface area contributed by atoms with Crippen LogP contribution < -0.4 is 10.6 Å². The molecule has 1 aliphatic carbocycles. The van der Waals surface area contributed by atoms with Gasteiger partial charge in [-0.15, -0.1) is 0 Å². The van der Waals surface area contributed by atoms with Gasteiger partial charge in [-0.2, -0.15) is 0 Å². The van der Waals surface area contributed by atoms with Crippen LogP contribution >= 0.6 is 0 Å². The number of ether oxygens (including phenoxy) is 1. The lowest BCUT2D eigenvalue weighted by molar-refractivity contribution is -0.119. The topological polar surface area (TPSA) is 93.5 Å². The van der Waals surface area contributed by atoms with Crippen molar-refractivity contribution in [3.05, 3.63) is 24.1 Å². The van der Waals surface area contributed by atoms with E-state index in [1.165, 1.54) is 39.2 Å². The molecule has 7 heteroatoms. The molecule has 1 saturated carbocycles. The van der Waals surface area contributed by atoms with Crippen LogP contribution in [-0.4, -0.2) is 36.6 Å². The maximum Gasteiger partial charge on any atom is 0.394 e. The number of anilines is 1. The van der Waals surface area contributed by atoms with Gasteiger partial charge in [0.15, 0.2) is 5.58 Å². The number of carbonyl (C=O) groups excluding carboxylic acids is 2. The molecule has 2 fully saturated rings. The molecule has 0 radical (unpaired) electrons. The third kappa shape index (κ3) is 3.69. The molecule has 2 aliphatic rings. The lowest BCUT2D eigenvalue weighted by atomic mass is 9.76. The third-order valence-electron chi connectivity index (χ3n) is 5.82. The Morgan fingerprint density at radius 2 is 2.04 bits per heavy atom. The lowest BCUT2D eigenvalue weighted by Crippen LogP contribution is -2.42. The van der Waals surface area contributed by atoms with Crippen molar-refractivity contribution in [1.82, 2.24) is 10.3 Å². The summed E-state index contributed by atoms with van der Waals surface area (Å²) in [7, 11) is 1.28. The zero-order valence-electron chi connectivity index (χ0n) is 15.5. The number of amides is 1. The van der Waals surface area contributed by atoms with E-state index in [0.29, 0.717) is 28.6 Å². The number of hydrogen-bond donors (Lipinski definition) is 2. The van der Waals surface area contributed by atoms with E-state index in [4.69, 9.17) is 4.42 Å². The molecule has 2 aromatic rings. The first-order chi connectivity index (χ1) is 13.2. The van der Waals surface area contributed by atoms with Crippen LogP contribution in [0.15, 0.2) is 22.6 Å². The summed E-state index contributed by atoms with van der Waals surface area (Å²) in [5.74, 6) is 0.337. The van der Waals surface area contributed by atoms with Crippen molar-refractivity contribution in [2.24, 2.45) is 11.8 Å². The number of esters is 1. The fourth-order valence-corrected chi connectivity index (χ4v) is 4.48. The Morgan fingerprint density at radius 3 is 2.81 bits per heavy atom. The van der Waals surface area contributed by atoms with E-state index < -0.39 is 5.97 Å². The number of benzene rings is 1. The summed E-state index contributed by atoms with van der Waals surface area (Å²) >= 11 is 0. The Balaban J connectivity index is 1.47. The molecule has 1 saturated heterocycles. The second kappa shape index (κ2) is 7.68. The first-order valence-electron chi connectivity index (χ1n) is 9.69. The highest BCUT2D eigenvalue weighted by atomic mass is 16.5. The number of fused-ring (bicyclic) bond motifs is 1. The van der Waals surface area contributed by atoms with Crippen molar-refractivity contribution in [2.75, 3.05) is 19.0 Å². The largest absolute Gasteiger partial charge is 0.462 e. The van der Waals surface area contributed by atoms with Gasteiger partial charge in [-0.25, -0.2) is 9.78 Å². The molecule has 1 aliphatic heterocycles. The molecule has 1 aromatic heterocycles. The smallest absolute Gasteiger partial charge is 0.394 e. The molecular formula is C20H25N3O4. The van der Waals surface area contributed by atoms with Crippen molar-refractivity contribution < 1.29 is 18.7 Å². The fraction of sp³-hybridized carbons (Fsp3) is 0.550. The molecule has 2 N–H and O–H groups in total. The Labute approximate surface area is 157 Å². The molecule has 7 nitrogen and oxygen atoms in total. The molecule has 2 heterocycles. The third-order valence-corrected chi connectivity index (χ3v) is 5.82. The van der Waals surface area contributed by atoms with Gasteiger partial charge in [-0.1, -0.05) is 32.1 Å². The zero-order valence-corrected chi connectivity index (χ0v) is 15.5. The molecule has 144 valence electrons. The van der Waals surface area contributed by atoms with Gasteiger partial charge in [0, 0.05) is 5.69 Å². The zero-order chi connectivity index (χ0) is 18.8. The molecule has 27 heavy (non-hydrogen) atoms. The van der Waals surface area contributed by atoms with Gasteiger partial charge in [0.05, 0.1) is 13.2 Å². The molecule has 1 amide bonds. The highest BCUT2D eigenvalue weighted by Gasteiger charge is 2.38. The van der Waals surface area contributed by atoms with E-state index in [2.05, 4.69) is 20.4 Å². The number of oxazole rings is 1. The second-order valence-electron chi connectivity index (χ2n) is 7.46. The van der Waals surface area contributed by atoms with E-state index >= 15 is 0 Å². The number of hydrogen-bond acceptors (Lipinski definition) is 6. The van der Waals surface area contributed by atoms with Crippen LogP contribution in [0.25, 0.3) is 11.1 Å². The van der Waals surface area contributed by atoms with Gasteiger partial charge < -0.3 is 19.8 Å². The van der Waals surface area contributed by atoms with Crippen molar-refractivity contribution in [1.29, 1.82) is 0 Å². The highest BCUT2D eigenvalue weighted by molar-refractivity contribution is 5.97. The summed E-state index contributed by atoms with van der Waals surface area (Å²) in [5.41, 5.74) is 1.64. The minimum Gasteiger partial charge on any atom is -0.462 e. The minimum atomic E-state index is -0.623. The molecule has 1 aromatic carbocycles. The fourth-order valence-electron chi connectivity index (χ4n) is 4.48. The number of nitrogens with one attached hydrogen (secondary N) is 2. The van der Waals surface area contributed by atoms with E-state index in [1.807, 2.05) is 0 Å². The van der Waals surface area contributed by atoms with Crippen LogP contribution in [0, 0.1) is 11.8 Å². The van der Waals surface area contributed by atoms with Crippen LogP contribution in [0.5, 0.6) is 0 Å². The summed E-state index contributed by atoms with van der Waals surface area (Å²) in [5, 5.41) is 6.38. The molecule has 0 bridgehead atoms. The van der Waals surface area contributed by atoms with Gasteiger partial charge in [-0.05, 0) is 43.0 Å². The molecule has 4 rings (SSSR count). The van der Waals surface area contributed by atoms with Crippen molar-refractivity contribution in [3.8, 4) is 0 Å². The first-order valence-corrected chi connectivity index (χ1v) is 9.69. The minimum absolute atomic E-state index is 0.000824. The maximum atomic E-state index is 12.9. The highest BCUT2D eigenvalue weighted by Crippen LogP contribution is 2.36. The van der Waals surface area contributed by atoms with E-state index in [1.54, 1.807) is 18.2 Å². The van der Waals surface area contributed by atoms with Crippen molar-refractivity contribution >= 4 is 28.7 Å². The van der Waals surface area contributed by atoms with Gasteiger partial charge in [0.2, 0.25) is 5.91 Å². The number of methoxy groups -OCH3 is 1. The number of nitrogens with zero attached hydrogens (tertiary/aromatic N) is 1. The van der Waals surface area contributed by atoms with Gasteiger partial charge >= 0.3 is 11.9 Å². The summed E-state index contributed by atoms with van der Waals surface area (Å²) in [6.45, 7) is 0.893. The molecule has 0 spiro atoms. The summed E-state index contributed by atoms with van der Waals surface area (Å²) in [6, 6.07) is 5.03. The van der Waals surface area contributed by atoms with Crippen LogP contribution in [0.4, 0.5) is 5.69 Å². The van der Waals surface area contributed by atoms with Crippen molar-refractivity contribution in [3.63, 3.8) is 0 Å². The maximum absolute atomic E-state index is 12.9. The van der Waals surface area contributed by atoms with Crippen LogP contribution in [0.3, 0.4) is 0 Å².